The molecule has 1 amide bonds. The first kappa shape index (κ1) is 16.1. The molecular weight excluding hydrogens is 314 g/mol. The molecule has 2 aromatic rings. The molecule has 3 rings (SSSR count). The fourth-order valence-electron chi connectivity index (χ4n) is 3.22. The maximum Gasteiger partial charge on any atom is 0.262 e. The Morgan fingerprint density at radius 2 is 2.39 bits per heavy atom. The maximum absolute atomic E-state index is 12.4. The minimum atomic E-state index is -0.402. The van der Waals surface area contributed by atoms with Crippen molar-refractivity contribution in [1.82, 2.24) is 14.5 Å². The standard InChI is InChI=1S/C16H21N3O3S/c1-11(20)9-12-3-2-6-19(12)14(21)4-7-18-10-17-15-13(16(18)22)5-8-23-15/h5,8,10-12,20H,2-4,6-7,9H2,1H3. The van der Waals surface area contributed by atoms with E-state index in [1.165, 1.54) is 22.2 Å². The summed E-state index contributed by atoms with van der Waals surface area (Å²) in [5, 5.41) is 12.0. The highest BCUT2D eigenvalue weighted by Gasteiger charge is 2.29. The first-order valence-corrected chi connectivity index (χ1v) is 8.84. The fraction of sp³-hybridized carbons (Fsp3) is 0.562. The molecule has 2 aromatic heterocycles. The molecule has 1 N–H and O–H groups in total. The molecular formula is C16H21N3O3S. The molecule has 3 heterocycles. The number of hydrogen-bond acceptors (Lipinski definition) is 5. The molecule has 0 aromatic carbocycles. The van der Waals surface area contributed by atoms with Gasteiger partial charge in [0.05, 0.1) is 17.8 Å². The molecule has 0 saturated carbocycles. The van der Waals surface area contributed by atoms with Gasteiger partial charge in [-0.1, -0.05) is 0 Å². The van der Waals surface area contributed by atoms with Crippen LogP contribution in [0.4, 0.5) is 0 Å². The van der Waals surface area contributed by atoms with Crippen LogP contribution in [0, 0.1) is 0 Å². The highest BCUT2D eigenvalue weighted by Crippen LogP contribution is 2.22. The van der Waals surface area contributed by atoms with Gasteiger partial charge in [0.15, 0.2) is 0 Å². The van der Waals surface area contributed by atoms with E-state index in [0.29, 0.717) is 18.4 Å². The monoisotopic (exact) mass is 335 g/mol. The predicted molar refractivity (Wildman–Crippen MR) is 89.5 cm³/mol. The molecule has 0 spiro atoms. The first-order chi connectivity index (χ1) is 11.1. The Bertz CT molecular complexity index is 752. The van der Waals surface area contributed by atoms with Gasteiger partial charge in [0.2, 0.25) is 5.91 Å². The van der Waals surface area contributed by atoms with E-state index in [2.05, 4.69) is 4.98 Å². The summed E-state index contributed by atoms with van der Waals surface area (Å²) in [7, 11) is 0. The second-order valence-corrected chi connectivity index (χ2v) is 7.00. The van der Waals surface area contributed by atoms with Gasteiger partial charge in [-0.15, -0.1) is 11.3 Å². The number of nitrogens with zero attached hydrogens (tertiary/aromatic N) is 3. The molecule has 6 nitrogen and oxygen atoms in total. The number of aromatic nitrogens is 2. The number of amides is 1. The lowest BCUT2D eigenvalue weighted by atomic mass is 10.1. The third-order valence-corrected chi connectivity index (χ3v) is 5.15. The largest absolute Gasteiger partial charge is 0.393 e. The van der Waals surface area contributed by atoms with E-state index in [1.54, 1.807) is 13.0 Å². The van der Waals surface area contributed by atoms with Gasteiger partial charge >= 0.3 is 0 Å². The van der Waals surface area contributed by atoms with Gasteiger partial charge in [0, 0.05) is 25.6 Å². The second kappa shape index (κ2) is 6.80. The van der Waals surface area contributed by atoms with Crippen molar-refractivity contribution in [2.75, 3.05) is 6.54 Å². The Balaban J connectivity index is 1.66. The van der Waals surface area contributed by atoms with Crippen molar-refractivity contribution in [3.63, 3.8) is 0 Å². The third-order valence-electron chi connectivity index (χ3n) is 4.33. The fourth-order valence-corrected chi connectivity index (χ4v) is 3.94. The van der Waals surface area contributed by atoms with Gasteiger partial charge < -0.3 is 10.0 Å². The van der Waals surface area contributed by atoms with Gasteiger partial charge in [0.1, 0.15) is 4.83 Å². The molecule has 1 saturated heterocycles. The third kappa shape index (κ3) is 3.45. The van der Waals surface area contributed by atoms with Crippen LogP contribution in [0.2, 0.25) is 0 Å². The van der Waals surface area contributed by atoms with E-state index in [0.717, 1.165) is 24.2 Å². The van der Waals surface area contributed by atoms with Crippen molar-refractivity contribution in [2.45, 2.75) is 51.3 Å². The Kier molecular flexibility index (Phi) is 4.77. The first-order valence-electron chi connectivity index (χ1n) is 7.96. The van der Waals surface area contributed by atoms with Crippen molar-refractivity contribution < 1.29 is 9.90 Å². The quantitative estimate of drug-likeness (QED) is 0.901. The van der Waals surface area contributed by atoms with Gasteiger partial charge in [-0.25, -0.2) is 4.98 Å². The number of fused-ring (bicyclic) bond motifs is 1. The number of hydrogen-bond donors (Lipinski definition) is 1. The lowest BCUT2D eigenvalue weighted by Gasteiger charge is -2.25. The Hall–Kier alpha value is -1.73. The molecule has 1 fully saturated rings. The minimum Gasteiger partial charge on any atom is -0.393 e. The SMILES string of the molecule is CC(O)CC1CCCN1C(=O)CCn1cnc2sccc2c1=O. The van der Waals surface area contributed by atoms with Crippen molar-refractivity contribution >= 4 is 27.5 Å². The minimum absolute atomic E-state index is 0.0467. The Labute approximate surface area is 138 Å². The number of carbonyl (C=O) groups excluding carboxylic acids is 1. The van der Waals surface area contributed by atoms with E-state index in [1.807, 2.05) is 10.3 Å². The summed E-state index contributed by atoms with van der Waals surface area (Å²) in [6.07, 6.45) is 3.94. The highest BCUT2D eigenvalue weighted by molar-refractivity contribution is 7.16. The van der Waals surface area contributed by atoms with E-state index < -0.39 is 6.10 Å². The summed E-state index contributed by atoms with van der Waals surface area (Å²) in [6, 6.07) is 1.89. The van der Waals surface area contributed by atoms with Crippen molar-refractivity contribution in [1.29, 1.82) is 0 Å². The Morgan fingerprint density at radius 1 is 1.57 bits per heavy atom. The average Bonchev–Trinajstić information content (AvgIpc) is 3.15. The summed E-state index contributed by atoms with van der Waals surface area (Å²) in [6.45, 7) is 2.84. The number of aliphatic hydroxyl groups is 1. The van der Waals surface area contributed by atoms with E-state index in [9.17, 15) is 14.7 Å². The number of thiophene rings is 1. The molecule has 23 heavy (non-hydrogen) atoms. The lowest BCUT2D eigenvalue weighted by molar-refractivity contribution is -0.132. The number of likely N-dealkylation sites (tertiary alicyclic amines) is 1. The van der Waals surface area contributed by atoms with Crippen LogP contribution in [0.3, 0.4) is 0 Å². The van der Waals surface area contributed by atoms with Crippen LogP contribution < -0.4 is 5.56 Å². The normalized spacial score (nSPS) is 19.4. The lowest BCUT2D eigenvalue weighted by Crippen LogP contribution is -2.38. The summed E-state index contributed by atoms with van der Waals surface area (Å²) in [5.41, 5.74) is -0.0917. The molecule has 1 aliphatic rings. The summed E-state index contributed by atoms with van der Waals surface area (Å²) < 4.78 is 1.51. The van der Waals surface area contributed by atoms with Crippen LogP contribution in [-0.4, -0.2) is 44.2 Å². The zero-order valence-corrected chi connectivity index (χ0v) is 14.0. The molecule has 0 aliphatic carbocycles. The van der Waals surface area contributed by atoms with E-state index in [4.69, 9.17) is 0 Å². The van der Waals surface area contributed by atoms with Crippen LogP contribution >= 0.6 is 11.3 Å². The number of rotatable bonds is 5. The molecule has 7 heteroatoms. The summed E-state index contributed by atoms with van der Waals surface area (Å²) >= 11 is 1.44. The number of carbonyl (C=O) groups is 1. The molecule has 124 valence electrons. The van der Waals surface area contributed by atoms with Crippen molar-refractivity contribution in [3.8, 4) is 0 Å². The van der Waals surface area contributed by atoms with Crippen LogP contribution in [0.5, 0.6) is 0 Å². The van der Waals surface area contributed by atoms with Crippen LogP contribution in [0.1, 0.15) is 32.6 Å². The van der Waals surface area contributed by atoms with Gasteiger partial charge in [-0.2, -0.15) is 0 Å². The molecule has 2 atom stereocenters. The average molecular weight is 335 g/mol. The van der Waals surface area contributed by atoms with Crippen LogP contribution in [0.15, 0.2) is 22.6 Å². The van der Waals surface area contributed by atoms with Crippen LogP contribution in [0.25, 0.3) is 10.2 Å². The zero-order valence-electron chi connectivity index (χ0n) is 13.1. The van der Waals surface area contributed by atoms with E-state index >= 15 is 0 Å². The topological polar surface area (TPSA) is 75.4 Å². The number of aliphatic hydroxyl groups excluding tert-OH is 1. The molecule has 0 radical (unpaired) electrons. The predicted octanol–water partition coefficient (Wildman–Crippen LogP) is 1.61. The summed E-state index contributed by atoms with van der Waals surface area (Å²) in [4.78, 5) is 31.6. The van der Waals surface area contributed by atoms with E-state index in [-0.39, 0.29) is 23.9 Å². The molecule has 0 bridgehead atoms. The zero-order chi connectivity index (χ0) is 16.4. The second-order valence-electron chi connectivity index (χ2n) is 6.10. The summed E-state index contributed by atoms with van der Waals surface area (Å²) in [5.74, 6) is 0.0467. The van der Waals surface area contributed by atoms with Crippen molar-refractivity contribution in [2.24, 2.45) is 0 Å². The smallest absolute Gasteiger partial charge is 0.262 e. The number of aryl methyl sites for hydroxylation is 1. The highest BCUT2D eigenvalue weighted by atomic mass is 32.1. The Morgan fingerprint density at radius 3 is 3.17 bits per heavy atom. The van der Waals surface area contributed by atoms with Crippen molar-refractivity contribution in [3.05, 3.63) is 28.1 Å². The van der Waals surface area contributed by atoms with Crippen LogP contribution in [-0.2, 0) is 11.3 Å². The molecule has 1 aliphatic heterocycles. The van der Waals surface area contributed by atoms with Gasteiger partial charge in [-0.3, -0.25) is 14.2 Å². The van der Waals surface area contributed by atoms with Gasteiger partial charge in [-0.05, 0) is 37.6 Å². The molecule has 2 unspecified atom stereocenters. The maximum atomic E-state index is 12.4. The van der Waals surface area contributed by atoms with Gasteiger partial charge in [0.25, 0.3) is 5.56 Å².